The largest absolute Gasteiger partial charge is 0.472 e. The van der Waals surface area contributed by atoms with Gasteiger partial charge in [-0.2, -0.15) is 0 Å². The summed E-state index contributed by atoms with van der Waals surface area (Å²) in [6.07, 6.45) is 49.7. The Morgan fingerprint density at radius 3 is 1.58 bits per heavy atom. The lowest BCUT2D eigenvalue weighted by Crippen LogP contribution is -2.29. The number of allylic oxidation sites excluding steroid dienone is 14. The molecular formula is C45H77O9P. The molecule has 0 radical (unpaired) electrons. The van der Waals surface area contributed by atoms with Crippen molar-refractivity contribution in [2.75, 3.05) is 33.0 Å². The highest BCUT2D eigenvalue weighted by Crippen LogP contribution is 2.43. The minimum absolute atomic E-state index is 0.0180. The summed E-state index contributed by atoms with van der Waals surface area (Å²) in [6, 6.07) is 0. The van der Waals surface area contributed by atoms with Crippen LogP contribution >= 0.6 is 7.82 Å². The Morgan fingerprint density at radius 1 is 0.582 bits per heavy atom. The molecule has 0 aromatic rings. The first kappa shape index (κ1) is 52.6. The summed E-state index contributed by atoms with van der Waals surface area (Å²) in [7, 11) is -4.53. The Labute approximate surface area is 335 Å². The molecule has 0 aromatic carbocycles. The van der Waals surface area contributed by atoms with E-state index in [1.165, 1.54) is 19.3 Å². The van der Waals surface area contributed by atoms with Crippen molar-refractivity contribution in [3.63, 3.8) is 0 Å². The molecule has 0 heterocycles. The maximum absolute atomic E-state index is 12.6. The van der Waals surface area contributed by atoms with E-state index in [9.17, 15) is 19.4 Å². The molecule has 0 aromatic heterocycles. The zero-order valence-corrected chi connectivity index (χ0v) is 35.3. The van der Waals surface area contributed by atoms with Gasteiger partial charge in [-0.15, -0.1) is 0 Å². The SMILES string of the molecule is CC/C=C\C/C=C\C/C=C\C/C=C\C/C=C\C/C=C\CCCCCOCC(COP(=O)(O)OCC(O)CO)OC(=O)CCCCCCC/C=C\CCCCC. The zero-order valence-electron chi connectivity index (χ0n) is 34.4. The molecule has 10 heteroatoms. The quantitative estimate of drug-likeness (QED) is 0.0241. The van der Waals surface area contributed by atoms with E-state index in [2.05, 4.69) is 98.9 Å². The molecule has 0 aliphatic heterocycles. The summed E-state index contributed by atoms with van der Waals surface area (Å²) in [4.78, 5) is 22.5. The lowest BCUT2D eigenvalue weighted by Gasteiger charge is -2.20. The van der Waals surface area contributed by atoms with E-state index < -0.39 is 45.8 Å². The molecule has 316 valence electrons. The van der Waals surface area contributed by atoms with Crippen LogP contribution in [0.4, 0.5) is 0 Å². The number of esters is 1. The maximum Gasteiger partial charge on any atom is 0.472 e. The van der Waals surface area contributed by atoms with Crippen LogP contribution in [0.1, 0.15) is 149 Å². The van der Waals surface area contributed by atoms with Gasteiger partial charge in [0.15, 0.2) is 0 Å². The Bertz CT molecular complexity index is 1130. The monoisotopic (exact) mass is 793 g/mol. The van der Waals surface area contributed by atoms with Gasteiger partial charge >= 0.3 is 13.8 Å². The molecule has 0 bridgehead atoms. The summed E-state index contributed by atoms with van der Waals surface area (Å²) >= 11 is 0. The Kier molecular flexibility index (Phi) is 39.5. The summed E-state index contributed by atoms with van der Waals surface area (Å²) in [6.45, 7) is 3.25. The number of phosphoric ester groups is 1. The van der Waals surface area contributed by atoms with E-state index in [0.717, 1.165) is 103 Å². The molecule has 3 N–H and O–H groups in total. The number of carbonyl (C=O) groups is 1. The second kappa shape index (κ2) is 41.3. The highest BCUT2D eigenvalue weighted by atomic mass is 31.2. The molecule has 0 saturated heterocycles. The topological polar surface area (TPSA) is 132 Å². The first-order valence-corrected chi connectivity index (χ1v) is 22.6. The van der Waals surface area contributed by atoms with Crippen molar-refractivity contribution in [1.29, 1.82) is 0 Å². The molecule has 0 aliphatic carbocycles. The second-order valence-electron chi connectivity index (χ2n) is 13.6. The third-order valence-electron chi connectivity index (χ3n) is 8.31. The fraction of sp³-hybridized carbons (Fsp3) is 0.667. The molecule has 0 saturated carbocycles. The van der Waals surface area contributed by atoms with Crippen molar-refractivity contribution < 1.29 is 43.0 Å². The van der Waals surface area contributed by atoms with E-state index in [0.29, 0.717) is 13.0 Å². The van der Waals surface area contributed by atoms with Gasteiger partial charge in [0.25, 0.3) is 0 Å². The number of phosphoric acid groups is 1. The van der Waals surface area contributed by atoms with Crippen molar-refractivity contribution in [1.82, 2.24) is 0 Å². The van der Waals surface area contributed by atoms with Crippen molar-refractivity contribution >= 4 is 13.8 Å². The molecule has 3 atom stereocenters. The maximum atomic E-state index is 12.6. The van der Waals surface area contributed by atoms with Crippen LogP contribution < -0.4 is 0 Å². The first-order chi connectivity index (χ1) is 26.8. The van der Waals surface area contributed by atoms with Gasteiger partial charge in [0, 0.05) is 13.0 Å². The predicted molar refractivity (Wildman–Crippen MR) is 228 cm³/mol. The number of ether oxygens (including phenoxy) is 2. The summed E-state index contributed by atoms with van der Waals surface area (Å²) < 4.78 is 33.3. The Balaban J connectivity index is 4.26. The molecule has 0 rings (SSSR count). The Morgan fingerprint density at radius 2 is 1.04 bits per heavy atom. The lowest BCUT2D eigenvalue weighted by atomic mass is 10.1. The normalized spacial score (nSPS) is 14.9. The highest BCUT2D eigenvalue weighted by molar-refractivity contribution is 7.47. The lowest BCUT2D eigenvalue weighted by molar-refractivity contribution is -0.154. The molecular weight excluding hydrogens is 715 g/mol. The van der Waals surface area contributed by atoms with Crippen LogP contribution in [0.3, 0.4) is 0 Å². The van der Waals surface area contributed by atoms with Crippen LogP contribution in [-0.2, 0) is 27.9 Å². The Hall–Kier alpha value is -2.36. The third-order valence-corrected chi connectivity index (χ3v) is 9.27. The average molecular weight is 793 g/mol. The van der Waals surface area contributed by atoms with E-state index in [1.54, 1.807) is 0 Å². The first-order valence-electron chi connectivity index (χ1n) is 21.1. The van der Waals surface area contributed by atoms with Crippen LogP contribution in [0, 0.1) is 0 Å². The third kappa shape index (κ3) is 41.1. The van der Waals surface area contributed by atoms with Gasteiger partial charge in [-0.3, -0.25) is 13.8 Å². The number of hydrogen-bond donors (Lipinski definition) is 3. The van der Waals surface area contributed by atoms with Crippen LogP contribution in [0.15, 0.2) is 85.1 Å². The summed E-state index contributed by atoms with van der Waals surface area (Å²) in [5.74, 6) is -0.409. The number of carbonyl (C=O) groups excluding carboxylic acids is 1. The van der Waals surface area contributed by atoms with Gasteiger partial charge in [0.1, 0.15) is 12.2 Å². The molecule has 9 nitrogen and oxygen atoms in total. The number of hydrogen-bond acceptors (Lipinski definition) is 8. The number of aliphatic hydroxyl groups excluding tert-OH is 2. The van der Waals surface area contributed by atoms with Crippen LogP contribution in [0.5, 0.6) is 0 Å². The average Bonchev–Trinajstić information content (AvgIpc) is 3.18. The smallest absolute Gasteiger partial charge is 0.457 e. The molecule has 55 heavy (non-hydrogen) atoms. The van der Waals surface area contributed by atoms with Gasteiger partial charge in [-0.25, -0.2) is 4.57 Å². The van der Waals surface area contributed by atoms with Crippen molar-refractivity contribution in [3.8, 4) is 0 Å². The number of aliphatic hydroxyl groups is 2. The van der Waals surface area contributed by atoms with Gasteiger partial charge in [0.05, 0.1) is 26.4 Å². The van der Waals surface area contributed by atoms with Crippen molar-refractivity contribution in [3.05, 3.63) is 85.1 Å². The molecule has 0 aliphatic rings. The van der Waals surface area contributed by atoms with Crippen molar-refractivity contribution in [2.45, 2.75) is 161 Å². The molecule has 0 spiro atoms. The van der Waals surface area contributed by atoms with Crippen LogP contribution in [-0.4, -0.2) is 66.3 Å². The highest BCUT2D eigenvalue weighted by Gasteiger charge is 2.26. The number of unbranched alkanes of at least 4 members (excludes halogenated alkanes) is 11. The van der Waals surface area contributed by atoms with Gasteiger partial charge in [-0.05, 0) is 89.9 Å². The minimum atomic E-state index is -4.53. The molecule has 0 amide bonds. The summed E-state index contributed by atoms with van der Waals surface area (Å²) in [5.41, 5.74) is 0. The minimum Gasteiger partial charge on any atom is -0.457 e. The molecule has 0 fully saturated rings. The van der Waals surface area contributed by atoms with Crippen LogP contribution in [0.25, 0.3) is 0 Å². The van der Waals surface area contributed by atoms with Gasteiger partial charge in [-0.1, -0.05) is 137 Å². The molecule has 3 unspecified atom stereocenters. The van der Waals surface area contributed by atoms with E-state index in [1.807, 2.05) is 0 Å². The fourth-order valence-electron chi connectivity index (χ4n) is 5.12. The summed E-state index contributed by atoms with van der Waals surface area (Å²) in [5, 5.41) is 18.3. The van der Waals surface area contributed by atoms with Gasteiger partial charge in [0.2, 0.25) is 0 Å². The van der Waals surface area contributed by atoms with Crippen molar-refractivity contribution in [2.24, 2.45) is 0 Å². The van der Waals surface area contributed by atoms with Gasteiger partial charge < -0.3 is 24.6 Å². The standard InChI is InChI=1S/C45H77O9P/c1-3-5-7-9-11-13-15-17-18-19-20-21-22-23-24-25-26-28-30-32-34-36-38-51-41-44(42-53-55(49,50)52-40-43(47)39-46)54-45(48)37-35-33-31-29-27-16-14-12-10-8-6-4-2/h5,7,11-14,17-18,20-21,23-24,26,28,43-44,46-47H,3-4,6,8-10,15-16,19,22,25,27,29-42H2,1-2H3,(H,49,50)/b7-5-,13-11-,14-12-,18-17-,21-20-,24-23-,28-26-. The zero-order chi connectivity index (χ0) is 40.3. The van der Waals surface area contributed by atoms with E-state index in [-0.39, 0.29) is 13.0 Å². The second-order valence-corrected chi connectivity index (χ2v) is 15.1. The predicted octanol–water partition coefficient (Wildman–Crippen LogP) is 11.5. The fourth-order valence-corrected chi connectivity index (χ4v) is 5.91. The van der Waals surface area contributed by atoms with E-state index >= 15 is 0 Å². The number of rotatable bonds is 39. The van der Waals surface area contributed by atoms with Crippen LogP contribution in [0.2, 0.25) is 0 Å². The van der Waals surface area contributed by atoms with E-state index in [4.69, 9.17) is 23.6 Å².